The van der Waals surface area contributed by atoms with Crippen molar-refractivity contribution >= 4 is 0 Å². The molecular weight excluding hydrogens is 170 g/mol. The molecule has 1 aromatic rings. The van der Waals surface area contributed by atoms with E-state index in [0.717, 1.165) is 5.92 Å². The second-order valence-electron chi connectivity index (χ2n) is 4.26. The number of hydrogen-bond acceptors (Lipinski definition) is 1. The highest BCUT2D eigenvalue weighted by molar-refractivity contribution is 5.12. The Bertz CT molecular complexity index is 313. The number of rotatable bonds is 2. The molecule has 0 radical (unpaired) electrons. The van der Waals surface area contributed by atoms with E-state index in [1.807, 2.05) is 18.5 Å². The summed E-state index contributed by atoms with van der Waals surface area (Å²) in [5, 5.41) is 0. The SMILES string of the molecule is CC1=CCCC(Cc2cccnc2)C1. The Hall–Kier alpha value is -1.11. The summed E-state index contributed by atoms with van der Waals surface area (Å²) in [4.78, 5) is 4.15. The molecule has 0 spiro atoms. The van der Waals surface area contributed by atoms with Gasteiger partial charge >= 0.3 is 0 Å². The molecule has 1 nitrogen and oxygen atoms in total. The number of hydrogen-bond donors (Lipinski definition) is 0. The van der Waals surface area contributed by atoms with Crippen LogP contribution >= 0.6 is 0 Å². The zero-order valence-corrected chi connectivity index (χ0v) is 8.74. The van der Waals surface area contributed by atoms with Crippen LogP contribution in [0, 0.1) is 5.92 Å². The largest absolute Gasteiger partial charge is 0.264 e. The van der Waals surface area contributed by atoms with Gasteiger partial charge in [-0.3, -0.25) is 4.98 Å². The quantitative estimate of drug-likeness (QED) is 0.647. The smallest absolute Gasteiger partial charge is 0.0299 e. The van der Waals surface area contributed by atoms with Crippen LogP contribution in [0.5, 0.6) is 0 Å². The van der Waals surface area contributed by atoms with Crippen molar-refractivity contribution in [3.63, 3.8) is 0 Å². The zero-order valence-electron chi connectivity index (χ0n) is 8.74. The molecule has 0 aromatic carbocycles. The Kier molecular flexibility index (Phi) is 2.97. The third-order valence-corrected chi connectivity index (χ3v) is 2.93. The summed E-state index contributed by atoms with van der Waals surface area (Å²) in [5.41, 5.74) is 2.94. The molecule has 1 atom stereocenters. The zero-order chi connectivity index (χ0) is 9.80. The van der Waals surface area contributed by atoms with Gasteiger partial charge in [0.2, 0.25) is 0 Å². The molecule has 1 aliphatic rings. The lowest BCUT2D eigenvalue weighted by Crippen LogP contribution is -2.08. The average Bonchev–Trinajstić information content (AvgIpc) is 2.19. The topological polar surface area (TPSA) is 12.9 Å². The highest BCUT2D eigenvalue weighted by Gasteiger charge is 2.13. The van der Waals surface area contributed by atoms with Crippen molar-refractivity contribution in [2.24, 2.45) is 5.92 Å². The minimum absolute atomic E-state index is 0.837. The summed E-state index contributed by atoms with van der Waals surface area (Å²) in [6, 6.07) is 4.21. The molecule has 2 rings (SSSR count). The molecule has 74 valence electrons. The molecule has 1 heterocycles. The van der Waals surface area contributed by atoms with Crippen LogP contribution in [0.25, 0.3) is 0 Å². The summed E-state index contributed by atoms with van der Waals surface area (Å²) in [7, 11) is 0. The Morgan fingerprint density at radius 3 is 3.14 bits per heavy atom. The number of allylic oxidation sites excluding steroid dienone is 2. The number of aromatic nitrogens is 1. The van der Waals surface area contributed by atoms with Crippen molar-refractivity contribution in [2.75, 3.05) is 0 Å². The van der Waals surface area contributed by atoms with E-state index in [1.165, 1.54) is 31.2 Å². The van der Waals surface area contributed by atoms with Crippen molar-refractivity contribution in [1.29, 1.82) is 0 Å². The van der Waals surface area contributed by atoms with E-state index in [0.29, 0.717) is 0 Å². The van der Waals surface area contributed by atoms with E-state index in [9.17, 15) is 0 Å². The van der Waals surface area contributed by atoms with Crippen LogP contribution in [0.2, 0.25) is 0 Å². The van der Waals surface area contributed by atoms with Crippen LogP contribution in [-0.2, 0) is 6.42 Å². The first-order valence-corrected chi connectivity index (χ1v) is 5.39. The molecule has 1 unspecified atom stereocenters. The van der Waals surface area contributed by atoms with Gasteiger partial charge < -0.3 is 0 Å². The Labute approximate surface area is 85.9 Å². The fourth-order valence-corrected chi connectivity index (χ4v) is 2.23. The summed E-state index contributed by atoms with van der Waals surface area (Å²) in [6.45, 7) is 2.25. The van der Waals surface area contributed by atoms with Crippen LogP contribution in [-0.4, -0.2) is 4.98 Å². The van der Waals surface area contributed by atoms with Gasteiger partial charge in [0.1, 0.15) is 0 Å². The first-order valence-electron chi connectivity index (χ1n) is 5.39. The van der Waals surface area contributed by atoms with Gasteiger partial charge in [-0.05, 0) is 50.2 Å². The highest BCUT2D eigenvalue weighted by Crippen LogP contribution is 2.26. The lowest BCUT2D eigenvalue weighted by molar-refractivity contribution is 0.463. The maximum Gasteiger partial charge on any atom is 0.0299 e. The maximum absolute atomic E-state index is 4.15. The van der Waals surface area contributed by atoms with E-state index in [-0.39, 0.29) is 0 Å². The standard InChI is InChI=1S/C13H17N/c1-11-4-2-5-12(8-11)9-13-6-3-7-14-10-13/h3-4,6-7,10,12H,2,5,8-9H2,1H3. The van der Waals surface area contributed by atoms with Crippen molar-refractivity contribution in [3.8, 4) is 0 Å². The van der Waals surface area contributed by atoms with Gasteiger partial charge in [-0.25, -0.2) is 0 Å². The third-order valence-electron chi connectivity index (χ3n) is 2.93. The molecule has 1 aromatic heterocycles. The van der Waals surface area contributed by atoms with Crippen LogP contribution in [0.4, 0.5) is 0 Å². The number of pyridine rings is 1. The van der Waals surface area contributed by atoms with E-state index in [1.54, 1.807) is 5.57 Å². The second kappa shape index (κ2) is 4.41. The summed E-state index contributed by atoms with van der Waals surface area (Å²) in [5.74, 6) is 0.837. The fraction of sp³-hybridized carbons (Fsp3) is 0.462. The van der Waals surface area contributed by atoms with Crippen LogP contribution < -0.4 is 0 Å². The first kappa shape index (κ1) is 9.45. The Morgan fingerprint density at radius 1 is 1.50 bits per heavy atom. The summed E-state index contributed by atoms with van der Waals surface area (Å²) >= 11 is 0. The molecular formula is C13H17N. The predicted molar refractivity (Wildman–Crippen MR) is 59.0 cm³/mol. The molecule has 0 fully saturated rings. The molecule has 0 N–H and O–H groups in total. The molecule has 0 saturated carbocycles. The lowest BCUT2D eigenvalue weighted by atomic mass is 9.85. The minimum atomic E-state index is 0.837. The molecule has 14 heavy (non-hydrogen) atoms. The highest BCUT2D eigenvalue weighted by atomic mass is 14.6. The molecule has 1 aliphatic carbocycles. The molecule has 0 amide bonds. The van der Waals surface area contributed by atoms with Gasteiger partial charge in [0.05, 0.1) is 0 Å². The maximum atomic E-state index is 4.15. The van der Waals surface area contributed by atoms with Gasteiger partial charge in [0.15, 0.2) is 0 Å². The lowest BCUT2D eigenvalue weighted by Gasteiger charge is -2.20. The fourth-order valence-electron chi connectivity index (χ4n) is 2.23. The third kappa shape index (κ3) is 2.44. The second-order valence-corrected chi connectivity index (χ2v) is 4.26. The van der Waals surface area contributed by atoms with Gasteiger partial charge in [0.25, 0.3) is 0 Å². The van der Waals surface area contributed by atoms with Crippen LogP contribution in [0.15, 0.2) is 36.2 Å². The minimum Gasteiger partial charge on any atom is -0.264 e. The summed E-state index contributed by atoms with van der Waals surface area (Å²) < 4.78 is 0. The van der Waals surface area contributed by atoms with Gasteiger partial charge in [-0.15, -0.1) is 0 Å². The van der Waals surface area contributed by atoms with Crippen molar-refractivity contribution in [2.45, 2.75) is 32.6 Å². The van der Waals surface area contributed by atoms with Crippen molar-refractivity contribution in [3.05, 3.63) is 41.7 Å². The average molecular weight is 187 g/mol. The van der Waals surface area contributed by atoms with Gasteiger partial charge in [-0.1, -0.05) is 17.7 Å². The van der Waals surface area contributed by atoms with Crippen LogP contribution in [0.1, 0.15) is 31.7 Å². The van der Waals surface area contributed by atoms with E-state index >= 15 is 0 Å². The van der Waals surface area contributed by atoms with E-state index < -0.39 is 0 Å². The van der Waals surface area contributed by atoms with Gasteiger partial charge in [0, 0.05) is 12.4 Å². The monoisotopic (exact) mass is 187 g/mol. The van der Waals surface area contributed by atoms with E-state index in [2.05, 4.69) is 24.1 Å². The Balaban J connectivity index is 1.96. The van der Waals surface area contributed by atoms with Crippen molar-refractivity contribution in [1.82, 2.24) is 4.98 Å². The van der Waals surface area contributed by atoms with Crippen molar-refractivity contribution < 1.29 is 0 Å². The van der Waals surface area contributed by atoms with E-state index in [4.69, 9.17) is 0 Å². The normalized spacial score (nSPS) is 21.8. The van der Waals surface area contributed by atoms with Gasteiger partial charge in [-0.2, -0.15) is 0 Å². The molecule has 1 heteroatoms. The first-order chi connectivity index (χ1) is 6.84. The molecule has 0 bridgehead atoms. The predicted octanol–water partition coefficient (Wildman–Crippen LogP) is 3.37. The Morgan fingerprint density at radius 2 is 2.43 bits per heavy atom. The van der Waals surface area contributed by atoms with Crippen LogP contribution in [0.3, 0.4) is 0 Å². The molecule has 0 aliphatic heterocycles. The molecule has 0 saturated heterocycles. The summed E-state index contributed by atoms with van der Waals surface area (Å²) in [6.07, 6.45) is 11.3. The number of nitrogens with zero attached hydrogens (tertiary/aromatic N) is 1.